The average molecular weight is 386 g/mol. The normalized spacial score (nSPS) is 27.0. The van der Waals surface area contributed by atoms with Crippen LogP contribution in [0.1, 0.15) is 27.6 Å². The molecule has 0 aliphatic carbocycles. The van der Waals surface area contributed by atoms with E-state index in [9.17, 15) is 14.7 Å². The van der Waals surface area contributed by atoms with Crippen molar-refractivity contribution < 1.29 is 33.6 Å². The third-order valence-corrected chi connectivity index (χ3v) is 4.52. The molecule has 1 fully saturated rings. The molecule has 1 unspecified atom stereocenters. The van der Waals surface area contributed by atoms with Crippen LogP contribution in [0.15, 0.2) is 60.7 Å². The van der Waals surface area contributed by atoms with Gasteiger partial charge >= 0.3 is 11.9 Å². The van der Waals surface area contributed by atoms with Gasteiger partial charge in [-0.05, 0) is 31.2 Å². The van der Waals surface area contributed by atoms with Gasteiger partial charge in [0.1, 0.15) is 6.10 Å². The van der Waals surface area contributed by atoms with Crippen molar-refractivity contribution in [3.05, 3.63) is 71.8 Å². The minimum atomic E-state index is -1.42. The number of methoxy groups -OCH3 is 1. The minimum absolute atomic E-state index is 0.320. The summed E-state index contributed by atoms with van der Waals surface area (Å²) in [6.45, 7) is 1.65. The van der Waals surface area contributed by atoms with E-state index in [0.29, 0.717) is 11.1 Å². The second-order valence-corrected chi connectivity index (χ2v) is 6.40. The maximum atomic E-state index is 12.4. The van der Waals surface area contributed by atoms with Gasteiger partial charge in [0, 0.05) is 7.11 Å². The number of ether oxygens (including phenoxy) is 4. The Morgan fingerprint density at radius 3 is 1.75 bits per heavy atom. The first kappa shape index (κ1) is 20.0. The monoisotopic (exact) mass is 386 g/mol. The Morgan fingerprint density at radius 1 is 0.821 bits per heavy atom. The number of rotatable bonds is 5. The maximum absolute atomic E-state index is 12.4. The molecule has 0 radical (unpaired) electrons. The molecule has 5 atom stereocenters. The number of carbonyl (C=O) groups excluding carboxylic acids is 2. The lowest BCUT2D eigenvalue weighted by Gasteiger charge is -2.42. The van der Waals surface area contributed by atoms with Crippen molar-refractivity contribution in [2.24, 2.45) is 0 Å². The van der Waals surface area contributed by atoms with Gasteiger partial charge in [-0.15, -0.1) is 0 Å². The second kappa shape index (κ2) is 8.97. The molecule has 0 saturated carbocycles. The van der Waals surface area contributed by atoms with Gasteiger partial charge in [-0.25, -0.2) is 9.59 Å². The van der Waals surface area contributed by atoms with E-state index >= 15 is 0 Å². The van der Waals surface area contributed by atoms with Crippen molar-refractivity contribution in [1.29, 1.82) is 0 Å². The molecule has 1 heterocycles. The largest absolute Gasteiger partial charge is 0.453 e. The molecule has 0 aromatic heterocycles. The number of esters is 2. The summed E-state index contributed by atoms with van der Waals surface area (Å²) in [4.78, 5) is 24.8. The fraction of sp³-hybridized carbons (Fsp3) is 0.333. The Hall–Kier alpha value is -2.74. The van der Waals surface area contributed by atoms with E-state index in [4.69, 9.17) is 18.9 Å². The molecule has 1 saturated heterocycles. The molecular formula is C21H22O7. The van der Waals surface area contributed by atoms with Crippen LogP contribution in [0.2, 0.25) is 0 Å². The van der Waals surface area contributed by atoms with Gasteiger partial charge in [-0.3, -0.25) is 0 Å². The van der Waals surface area contributed by atoms with E-state index in [2.05, 4.69) is 0 Å². The number of hydrogen-bond acceptors (Lipinski definition) is 7. The molecule has 2 aromatic rings. The van der Waals surface area contributed by atoms with Crippen LogP contribution < -0.4 is 0 Å². The van der Waals surface area contributed by atoms with Gasteiger partial charge in [0.25, 0.3) is 0 Å². The summed E-state index contributed by atoms with van der Waals surface area (Å²) in [5, 5.41) is 10.3. The summed E-state index contributed by atoms with van der Waals surface area (Å²) in [5.41, 5.74) is 0.689. The molecule has 3 rings (SSSR count). The molecule has 2 aromatic carbocycles. The van der Waals surface area contributed by atoms with Gasteiger partial charge in [0.2, 0.25) is 0 Å². The number of carbonyl (C=O) groups is 2. The summed E-state index contributed by atoms with van der Waals surface area (Å²) in [6, 6.07) is 16.8. The van der Waals surface area contributed by atoms with Crippen LogP contribution in [-0.4, -0.2) is 54.9 Å². The molecule has 7 nitrogen and oxygen atoms in total. The van der Waals surface area contributed by atoms with Crippen molar-refractivity contribution in [2.75, 3.05) is 7.11 Å². The first-order valence-electron chi connectivity index (χ1n) is 8.89. The van der Waals surface area contributed by atoms with E-state index in [1.807, 2.05) is 0 Å². The summed E-state index contributed by atoms with van der Waals surface area (Å²) in [5.74, 6) is -1.20. The van der Waals surface area contributed by atoms with E-state index in [1.165, 1.54) is 7.11 Å². The van der Waals surface area contributed by atoms with Crippen LogP contribution in [0, 0.1) is 0 Å². The van der Waals surface area contributed by atoms with Gasteiger partial charge in [0.15, 0.2) is 18.5 Å². The third-order valence-electron chi connectivity index (χ3n) is 4.52. The first-order valence-corrected chi connectivity index (χ1v) is 8.89. The average Bonchev–Trinajstić information content (AvgIpc) is 2.72. The zero-order valence-corrected chi connectivity index (χ0v) is 15.6. The predicted molar refractivity (Wildman–Crippen MR) is 98.6 cm³/mol. The number of aliphatic hydroxyl groups is 1. The fourth-order valence-corrected chi connectivity index (χ4v) is 3.08. The summed E-state index contributed by atoms with van der Waals surface area (Å²) >= 11 is 0. The van der Waals surface area contributed by atoms with Crippen LogP contribution in [0.4, 0.5) is 0 Å². The quantitative estimate of drug-likeness (QED) is 0.788. The van der Waals surface area contributed by atoms with Gasteiger partial charge in [-0.2, -0.15) is 0 Å². The molecule has 28 heavy (non-hydrogen) atoms. The molecule has 1 aliphatic rings. The molecule has 0 bridgehead atoms. The minimum Gasteiger partial charge on any atom is -0.453 e. The lowest BCUT2D eigenvalue weighted by molar-refractivity contribution is -0.280. The molecule has 0 spiro atoms. The predicted octanol–water partition coefficient (Wildman–Crippen LogP) is 2.19. The Morgan fingerprint density at radius 2 is 1.29 bits per heavy atom. The highest BCUT2D eigenvalue weighted by Gasteiger charge is 2.48. The third kappa shape index (κ3) is 4.39. The Labute approximate surface area is 162 Å². The van der Waals surface area contributed by atoms with Crippen molar-refractivity contribution >= 4 is 11.9 Å². The molecule has 7 heteroatoms. The van der Waals surface area contributed by atoms with Crippen molar-refractivity contribution in [3.63, 3.8) is 0 Å². The topological polar surface area (TPSA) is 91.3 Å². The molecule has 0 amide bonds. The van der Waals surface area contributed by atoms with E-state index in [1.54, 1.807) is 67.6 Å². The van der Waals surface area contributed by atoms with Crippen LogP contribution in [0.5, 0.6) is 0 Å². The molecular weight excluding hydrogens is 364 g/mol. The zero-order valence-electron chi connectivity index (χ0n) is 15.6. The standard InChI is InChI=1S/C21H22O7/c1-13-16(27-19(22)14-9-5-3-6-10-14)17(25-2)18(21(24)26-13)28-20(23)15-11-7-4-8-12-15/h3-13,16-18,21,24H,1-2H3/t13-,16-,17+,18-,21?/m1/s1. The number of hydrogen-bond donors (Lipinski definition) is 1. The first-order chi connectivity index (χ1) is 13.5. The smallest absolute Gasteiger partial charge is 0.338 e. The van der Waals surface area contributed by atoms with Crippen LogP contribution >= 0.6 is 0 Å². The van der Waals surface area contributed by atoms with Crippen LogP contribution in [0.25, 0.3) is 0 Å². The van der Waals surface area contributed by atoms with Crippen molar-refractivity contribution in [2.45, 2.75) is 37.6 Å². The summed E-state index contributed by atoms with van der Waals surface area (Å²) in [6.07, 6.45) is -5.03. The highest BCUT2D eigenvalue weighted by molar-refractivity contribution is 5.90. The zero-order chi connectivity index (χ0) is 20.1. The van der Waals surface area contributed by atoms with Crippen LogP contribution in [0.3, 0.4) is 0 Å². The van der Waals surface area contributed by atoms with Gasteiger partial charge < -0.3 is 24.1 Å². The van der Waals surface area contributed by atoms with E-state index in [0.717, 1.165) is 0 Å². The van der Waals surface area contributed by atoms with Crippen molar-refractivity contribution in [1.82, 2.24) is 0 Å². The van der Waals surface area contributed by atoms with E-state index in [-0.39, 0.29) is 0 Å². The maximum Gasteiger partial charge on any atom is 0.338 e. The molecule has 1 N–H and O–H groups in total. The number of benzene rings is 2. The SMILES string of the molecule is CO[C@H]1[C@H](OC(=O)c2ccccc2)[C@@H](C)OC(O)[C@@H]1OC(=O)c1ccccc1. The summed E-state index contributed by atoms with van der Waals surface area (Å²) < 4.78 is 21.9. The fourth-order valence-electron chi connectivity index (χ4n) is 3.08. The van der Waals surface area contributed by atoms with Gasteiger partial charge in [0.05, 0.1) is 17.2 Å². The molecule has 1 aliphatic heterocycles. The lowest BCUT2D eigenvalue weighted by atomic mass is 9.99. The van der Waals surface area contributed by atoms with E-state index < -0.39 is 42.6 Å². The Kier molecular flexibility index (Phi) is 6.41. The second-order valence-electron chi connectivity index (χ2n) is 6.40. The van der Waals surface area contributed by atoms with Crippen LogP contribution in [-0.2, 0) is 18.9 Å². The molecule has 148 valence electrons. The Bertz CT molecular complexity index is 727. The highest BCUT2D eigenvalue weighted by Crippen LogP contribution is 2.28. The van der Waals surface area contributed by atoms with Gasteiger partial charge in [-0.1, -0.05) is 36.4 Å². The lowest BCUT2D eigenvalue weighted by Crippen LogP contribution is -2.60. The highest BCUT2D eigenvalue weighted by atomic mass is 16.7. The van der Waals surface area contributed by atoms with Crippen molar-refractivity contribution in [3.8, 4) is 0 Å². The Balaban J connectivity index is 1.77. The summed E-state index contributed by atoms with van der Waals surface area (Å²) in [7, 11) is 1.39. The number of aliphatic hydroxyl groups excluding tert-OH is 1.